The van der Waals surface area contributed by atoms with Crippen LogP contribution in [0.3, 0.4) is 0 Å². The lowest BCUT2D eigenvalue weighted by Crippen LogP contribution is -2.37. The van der Waals surface area contributed by atoms with E-state index in [0.717, 1.165) is 69.2 Å². The van der Waals surface area contributed by atoms with Gasteiger partial charge in [-0.3, -0.25) is 9.59 Å². The zero-order chi connectivity index (χ0) is 35.5. The maximum atomic E-state index is 12.4. The molecule has 2 atom stereocenters. The molecule has 278 valence electrons. The number of nitrogens with zero attached hydrogens (tertiary/aromatic N) is 2. The summed E-state index contributed by atoms with van der Waals surface area (Å²) in [7, 11) is 0. The first kappa shape index (κ1) is 41.4. The Morgan fingerprint density at radius 2 is 0.885 bits per heavy atom. The summed E-state index contributed by atoms with van der Waals surface area (Å²) in [5.74, 6) is 1.94. The molecule has 0 spiro atoms. The molecule has 0 aliphatic carbocycles. The van der Waals surface area contributed by atoms with Crippen LogP contribution in [-0.2, 0) is 35.3 Å². The topological polar surface area (TPSA) is 40.6 Å². The van der Waals surface area contributed by atoms with Crippen molar-refractivity contribution in [2.75, 3.05) is 39.3 Å². The number of halogens is 1. The summed E-state index contributed by atoms with van der Waals surface area (Å²) in [5.41, 5.74) is 5.32. The number of rotatable bonds is 16. The first-order valence-electron chi connectivity index (χ1n) is 19.3. The Bertz CT molecular complexity index is 1560. The van der Waals surface area contributed by atoms with E-state index in [1.807, 2.05) is 36.4 Å². The van der Waals surface area contributed by atoms with Gasteiger partial charge in [-0.25, -0.2) is 0 Å². The van der Waals surface area contributed by atoms with E-state index >= 15 is 0 Å². The van der Waals surface area contributed by atoms with Gasteiger partial charge in [-0.15, -0.1) is 0 Å². The number of hydrogen-bond acceptors (Lipinski definition) is 4. The van der Waals surface area contributed by atoms with Gasteiger partial charge in [-0.2, -0.15) is 0 Å². The third-order valence-corrected chi connectivity index (χ3v) is 11.0. The Morgan fingerprint density at radius 3 is 1.29 bits per heavy atom. The van der Waals surface area contributed by atoms with Crippen molar-refractivity contribution in [3.8, 4) is 0 Å². The number of carbonyl (C=O) groups excluding carboxylic acids is 2. The number of benzene rings is 4. The minimum Gasteiger partial charge on any atom is -0.303 e. The van der Waals surface area contributed by atoms with E-state index in [1.54, 1.807) is 0 Å². The molecule has 2 fully saturated rings. The molecule has 0 N–H and O–H groups in total. The van der Waals surface area contributed by atoms with Crippen molar-refractivity contribution in [1.29, 1.82) is 0 Å². The lowest BCUT2D eigenvalue weighted by Gasteiger charge is -2.32. The second-order valence-electron chi connectivity index (χ2n) is 14.7. The maximum absolute atomic E-state index is 12.4. The van der Waals surface area contributed by atoms with Crippen LogP contribution in [0.5, 0.6) is 0 Å². The summed E-state index contributed by atoms with van der Waals surface area (Å²) in [6.07, 6.45) is 11.7. The van der Waals surface area contributed by atoms with Gasteiger partial charge < -0.3 is 9.80 Å². The predicted octanol–water partition coefficient (Wildman–Crippen LogP) is 10.5. The highest BCUT2D eigenvalue weighted by Crippen LogP contribution is 2.23. The fourth-order valence-corrected chi connectivity index (χ4v) is 7.88. The van der Waals surface area contributed by atoms with Gasteiger partial charge in [0.1, 0.15) is 11.6 Å². The zero-order valence-electron chi connectivity index (χ0n) is 30.4. The average molecular weight is 766 g/mol. The second kappa shape index (κ2) is 23.3. The fraction of sp³-hybridized carbons (Fsp3) is 0.447. The van der Waals surface area contributed by atoms with Gasteiger partial charge in [-0.05, 0) is 111 Å². The Labute approximate surface area is 323 Å². The highest BCUT2D eigenvalue weighted by molar-refractivity contribution is 9.10. The van der Waals surface area contributed by atoms with Crippen LogP contribution < -0.4 is 0 Å². The molecule has 4 nitrogen and oxygen atoms in total. The molecule has 6 rings (SSSR count). The third kappa shape index (κ3) is 15.7. The molecular weight excluding hydrogens is 704 g/mol. The number of carbonyl (C=O) groups is 2. The minimum atomic E-state index is 0. The average Bonchev–Trinajstić information content (AvgIpc) is 3.17. The van der Waals surface area contributed by atoms with Gasteiger partial charge in [0.2, 0.25) is 0 Å². The van der Waals surface area contributed by atoms with E-state index in [2.05, 4.69) is 105 Å². The van der Waals surface area contributed by atoms with Crippen molar-refractivity contribution < 1.29 is 9.59 Å². The van der Waals surface area contributed by atoms with Gasteiger partial charge >= 0.3 is 0 Å². The van der Waals surface area contributed by atoms with Crippen molar-refractivity contribution in [2.45, 2.75) is 84.5 Å². The molecule has 0 saturated carbocycles. The molecule has 52 heavy (non-hydrogen) atoms. The van der Waals surface area contributed by atoms with Crippen molar-refractivity contribution in [2.24, 2.45) is 11.8 Å². The van der Waals surface area contributed by atoms with Gasteiger partial charge in [0.05, 0.1) is 0 Å². The normalized spacial score (nSPS) is 17.7. The molecule has 4 aromatic carbocycles. The van der Waals surface area contributed by atoms with Crippen LogP contribution in [0.25, 0.3) is 0 Å². The van der Waals surface area contributed by atoms with Crippen LogP contribution in [-0.4, -0.2) is 60.6 Å². The standard InChI is InChI=1S/C23H28BrNO.C23H29NO.CH4/c24-22-11-8-20(9-12-22)14-16-25-15-4-7-21(18-25)17-23(26)13-10-19-5-2-1-3-6-19;25-23(14-13-20-8-3-1-4-9-20)18-22-12-7-16-24(19-22)17-15-21-10-5-2-6-11-21;/h1-3,5-6,8-9,11-12,21H,4,7,10,13-18H2;1-6,8-11,22H,7,12-19H2;1H4. The van der Waals surface area contributed by atoms with E-state index in [9.17, 15) is 9.59 Å². The Hall–Kier alpha value is -3.38. The van der Waals surface area contributed by atoms with Gasteiger partial charge in [0.25, 0.3) is 0 Å². The molecule has 0 amide bonds. The number of aryl methyl sites for hydroxylation is 2. The lowest BCUT2D eigenvalue weighted by molar-refractivity contribution is -0.121. The number of piperidine rings is 2. The predicted molar refractivity (Wildman–Crippen MR) is 222 cm³/mol. The van der Waals surface area contributed by atoms with Crippen LogP contribution in [0.15, 0.2) is 120 Å². The van der Waals surface area contributed by atoms with Gasteiger partial charge in [-0.1, -0.05) is 126 Å². The van der Waals surface area contributed by atoms with Crippen LogP contribution in [0.1, 0.15) is 81.0 Å². The number of ketones is 2. The molecule has 2 aliphatic heterocycles. The molecule has 2 saturated heterocycles. The molecule has 0 radical (unpaired) electrons. The minimum absolute atomic E-state index is 0. The van der Waals surface area contributed by atoms with E-state index in [-0.39, 0.29) is 7.43 Å². The van der Waals surface area contributed by atoms with Crippen LogP contribution in [0, 0.1) is 11.8 Å². The first-order chi connectivity index (χ1) is 25.0. The van der Waals surface area contributed by atoms with Crippen LogP contribution in [0.2, 0.25) is 0 Å². The fourth-order valence-electron chi connectivity index (χ4n) is 7.62. The molecule has 2 aliphatic rings. The van der Waals surface area contributed by atoms with Crippen molar-refractivity contribution >= 4 is 27.5 Å². The summed E-state index contributed by atoms with van der Waals surface area (Å²) >= 11 is 3.49. The summed E-state index contributed by atoms with van der Waals surface area (Å²) in [5, 5.41) is 0. The molecule has 0 aromatic heterocycles. The highest BCUT2D eigenvalue weighted by Gasteiger charge is 2.23. The second-order valence-corrected chi connectivity index (χ2v) is 15.6. The summed E-state index contributed by atoms with van der Waals surface area (Å²) in [6, 6.07) is 40.0. The Morgan fingerprint density at radius 1 is 0.519 bits per heavy atom. The van der Waals surface area contributed by atoms with Crippen molar-refractivity contribution in [3.05, 3.63) is 142 Å². The molecule has 5 heteroatoms. The molecule has 2 heterocycles. The number of likely N-dealkylation sites (tertiary alicyclic amines) is 2. The molecule has 2 unspecified atom stereocenters. The van der Waals surface area contributed by atoms with Crippen molar-refractivity contribution in [1.82, 2.24) is 9.80 Å². The Balaban J connectivity index is 0.000000228. The Kier molecular flexibility index (Phi) is 18.6. The summed E-state index contributed by atoms with van der Waals surface area (Å²) in [4.78, 5) is 29.8. The quantitative estimate of drug-likeness (QED) is 0.114. The van der Waals surface area contributed by atoms with Crippen LogP contribution in [0.4, 0.5) is 0 Å². The van der Waals surface area contributed by atoms with E-state index in [4.69, 9.17) is 0 Å². The highest BCUT2D eigenvalue weighted by atomic mass is 79.9. The van der Waals surface area contributed by atoms with Gasteiger partial charge in [0.15, 0.2) is 0 Å². The third-order valence-electron chi connectivity index (χ3n) is 10.5. The first-order valence-corrected chi connectivity index (χ1v) is 20.1. The monoisotopic (exact) mass is 764 g/mol. The van der Waals surface area contributed by atoms with Gasteiger partial charge in [0, 0.05) is 56.3 Å². The lowest BCUT2D eigenvalue weighted by atomic mass is 9.91. The summed E-state index contributed by atoms with van der Waals surface area (Å²) < 4.78 is 1.13. The zero-order valence-corrected chi connectivity index (χ0v) is 32.0. The van der Waals surface area contributed by atoms with E-state index < -0.39 is 0 Å². The SMILES string of the molecule is C.O=C(CCc1ccccc1)CC1CCCN(CCc2ccc(Br)cc2)C1.O=C(CCc1ccccc1)CC1CCCN(CCc2ccccc2)C1. The summed E-state index contributed by atoms with van der Waals surface area (Å²) in [6.45, 7) is 6.72. The van der Waals surface area contributed by atoms with E-state index in [0.29, 0.717) is 36.2 Å². The van der Waals surface area contributed by atoms with E-state index in [1.165, 1.54) is 61.0 Å². The van der Waals surface area contributed by atoms with Crippen molar-refractivity contribution in [3.63, 3.8) is 0 Å². The molecule has 4 aromatic rings. The van der Waals surface area contributed by atoms with Crippen LogP contribution >= 0.6 is 15.9 Å². The smallest absolute Gasteiger partial charge is 0.133 e. The number of Topliss-reactive ketones (excluding diaryl/α,β-unsaturated/α-hetero) is 2. The maximum Gasteiger partial charge on any atom is 0.133 e. The molecule has 0 bridgehead atoms. The molecular formula is C47H61BrN2O2. The largest absolute Gasteiger partial charge is 0.303 e. The number of hydrogen-bond donors (Lipinski definition) is 0.